The average Bonchev–Trinajstić information content (AvgIpc) is 3.35. The summed E-state index contributed by atoms with van der Waals surface area (Å²) in [5, 5.41) is 0. The highest BCUT2D eigenvalue weighted by Crippen LogP contribution is 2.38. The van der Waals surface area contributed by atoms with Gasteiger partial charge in [-0.25, -0.2) is 0 Å². The van der Waals surface area contributed by atoms with E-state index in [2.05, 4.69) is 4.90 Å². The third kappa shape index (κ3) is 4.97. The Kier molecular flexibility index (Phi) is 6.37. The Balaban J connectivity index is 1.12. The van der Waals surface area contributed by atoms with E-state index in [0.29, 0.717) is 59.1 Å². The molecule has 0 radical (unpaired) electrons. The summed E-state index contributed by atoms with van der Waals surface area (Å²) in [6, 6.07) is 18.8. The number of hydrogen-bond acceptors (Lipinski definition) is 4. The van der Waals surface area contributed by atoms with Crippen molar-refractivity contribution < 1.29 is 22.8 Å². The first-order valence-corrected chi connectivity index (χ1v) is 12.3. The van der Waals surface area contributed by atoms with Crippen molar-refractivity contribution in [2.45, 2.75) is 12.2 Å². The molecular formula is C26H24F3N3O2S. The zero-order valence-corrected chi connectivity index (χ0v) is 19.7. The highest BCUT2D eigenvalue weighted by molar-refractivity contribution is 7.15. The van der Waals surface area contributed by atoms with Crippen LogP contribution in [0.4, 0.5) is 13.2 Å². The van der Waals surface area contributed by atoms with Gasteiger partial charge in [-0.1, -0.05) is 30.3 Å². The second kappa shape index (κ2) is 9.47. The van der Waals surface area contributed by atoms with E-state index in [1.807, 2.05) is 35.2 Å². The van der Waals surface area contributed by atoms with Crippen LogP contribution in [0.25, 0.3) is 10.4 Å². The molecule has 182 valence electrons. The molecule has 2 saturated heterocycles. The number of likely N-dealkylation sites (tertiary alicyclic amines) is 1. The van der Waals surface area contributed by atoms with E-state index < -0.39 is 11.1 Å². The monoisotopic (exact) mass is 499 g/mol. The van der Waals surface area contributed by atoms with Gasteiger partial charge in [0.1, 0.15) is 4.88 Å². The molecule has 2 amide bonds. The second-order valence-electron chi connectivity index (χ2n) is 8.80. The lowest BCUT2D eigenvalue weighted by molar-refractivity contribution is -0.134. The lowest BCUT2D eigenvalue weighted by Gasteiger charge is -2.48. The van der Waals surface area contributed by atoms with Gasteiger partial charge in [0, 0.05) is 61.3 Å². The fraction of sp³-hybridized carbons (Fsp3) is 0.308. The first-order valence-electron chi connectivity index (χ1n) is 11.4. The Morgan fingerprint density at radius 2 is 1.34 bits per heavy atom. The van der Waals surface area contributed by atoms with Crippen LogP contribution in [-0.4, -0.2) is 71.8 Å². The van der Waals surface area contributed by atoms with E-state index in [4.69, 9.17) is 0 Å². The maximum Gasteiger partial charge on any atom is 0.425 e. The molecule has 9 heteroatoms. The molecule has 35 heavy (non-hydrogen) atoms. The fourth-order valence-electron chi connectivity index (χ4n) is 4.51. The van der Waals surface area contributed by atoms with E-state index in [0.717, 1.165) is 19.2 Å². The second-order valence-corrected chi connectivity index (χ2v) is 9.88. The van der Waals surface area contributed by atoms with E-state index >= 15 is 0 Å². The molecule has 1 aromatic heterocycles. The van der Waals surface area contributed by atoms with E-state index in [1.165, 1.54) is 6.07 Å². The van der Waals surface area contributed by atoms with Gasteiger partial charge in [-0.3, -0.25) is 14.5 Å². The molecule has 2 aliphatic rings. The topological polar surface area (TPSA) is 43.9 Å². The van der Waals surface area contributed by atoms with Crippen LogP contribution >= 0.6 is 11.3 Å². The highest BCUT2D eigenvalue weighted by Gasteiger charge is 2.37. The van der Waals surface area contributed by atoms with Gasteiger partial charge < -0.3 is 9.80 Å². The zero-order chi connectivity index (χ0) is 24.6. The van der Waals surface area contributed by atoms with E-state index in [-0.39, 0.29) is 17.9 Å². The predicted octanol–water partition coefficient (Wildman–Crippen LogP) is 4.72. The molecule has 3 aromatic rings. The molecule has 0 bridgehead atoms. The zero-order valence-electron chi connectivity index (χ0n) is 18.9. The number of carbonyl (C=O) groups excluding carboxylic acids is 2. The standard InChI is InChI=1S/C26H24F3N3O2S/c27-26(28,29)23-11-10-22(35-23)18-6-8-20(9-7-18)25(34)32-16-21(17-32)30-12-14-31(15-13-30)24(33)19-4-2-1-3-5-19/h1-11,21H,12-17H2. The summed E-state index contributed by atoms with van der Waals surface area (Å²) in [4.78, 5) is 31.3. The van der Waals surface area contributed by atoms with Gasteiger partial charge in [0.2, 0.25) is 0 Å². The van der Waals surface area contributed by atoms with Gasteiger partial charge in [-0.05, 0) is 42.0 Å². The maximum atomic E-state index is 12.9. The van der Waals surface area contributed by atoms with Crippen molar-refractivity contribution in [3.8, 4) is 10.4 Å². The van der Waals surface area contributed by atoms with Crippen LogP contribution in [-0.2, 0) is 6.18 Å². The molecule has 3 heterocycles. The molecule has 0 atom stereocenters. The number of alkyl halides is 3. The van der Waals surface area contributed by atoms with Crippen molar-refractivity contribution in [3.05, 3.63) is 82.7 Å². The SMILES string of the molecule is O=C(c1ccccc1)N1CCN(C2CN(C(=O)c3ccc(-c4ccc(C(F)(F)F)s4)cc3)C2)CC1. The van der Waals surface area contributed by atoms with Crippen LogP contribution in [0, 0.1) is 0 Å². The Morgan fingerprint density at radius 1 is 0.743 bits per heavy atom. The van der Waals surface area contributed by atoms with Crippen molar-refractivity contribution in [1.29, 1.82) is 0 Å². The van der Waals surface area contributed by atoms with Crippen molar-refractivity contribution in [1.82, 2.24) is 14.7 Å². The number of nitrogens with zero attached hydrogens (tertiary/aromatic N) is 3. The molecule has 0 aliphatic carbocycles. The van der Waals surface area contributed by atoms with E-state index in [9.17, 15) is 22.8 Å². The third-order valence-electron chi connectivity index (χ3n) is 6.59. The summed E-state index contributed by atoms with van der Waals surface area (Å²) in [7, 11) is 0. The molecule has 0 saturated carbocycles. The van der Waals surface area contributed by atoms with Crippen LogP contribution in [0.3, 0.4) is 0 Å². The quantitative estimate of drug-likeness (QED) is 0.522. The lowest BCUT2D eigenvalue weighted by Crippen LogP contribution is -2.64. The van der Waals surface area contributed by atoms with Gasteiger partial charge in [0.05, 0.1) is 0 Å². The largest absolute Gasteiger partial charge is 0.425 e. The summed E-state index contributed by atoms with van der Waals surface area (Å²) >= 11 is 0.695. The van der Waals surface area contributed by atoms with Gasteiger partial charge in [0.25, 0.3) is 11.8 Å². The number of piperazine rings is 1. The van der Waals surface area contributed by atoms with Crippen LogP contribution < -0.4 is 0 Å². The van der Waals surface area contributed by atoms with Crippen LogP contribution in [0.2, 0.25) is 0 Å². The third-order valence-corrected chi connectivity index (χ3v) is 7.77. The molecule has 2 fully saturated rings. The summed E-state index contributed by atoms with van der Waals surface area (Å²) in [5.74, 6) is -0.0239. The smallest absolute Gasteiger partial charge is 0.336 e. The molecule has 0 unspecified atom stereocenters. The van der Waals surface area contributed by atoms with Crippen LogP contribution in [0.5, 0.6) is 0 Å². The van der Waals surface area contributed by atoms with Crippen LogP contribution in [0.1, 0.15) is 25.6 Å². The number of amides is 2. The van der Waals surface area contributed by atoms with Gasteiger partial charge in [-0.2, -0.15) is 13.2 Å². The Labute approximate surface area is 205 Å². The van der Waals surface area contributed by atoms with Crippen molar-refractivity contribution in [2.24, 2.45) is 0 Å². The summed E-state index contributed by atoms with van der Waals surface area (Å²) in [6.45, 7) is 4.15. The number of hydrogen-bond donors (Lipinski definition) is 0. The minimum Gasteiger partial charge on any atom is -0.336 e. The first kappa shape index (κ1) is 23.6. The first-order chi connectivity index (χ1) is 16.8. The Hall–Kier alpha value is -3.17. The molecular weight excluding hydrogens is 475 g/mol. The van der Waals surface area contributed by atoms with Crippen LogP contribution in [0.15, 0.2) is 66.7 Å². The minimum atomic E-state index is -4.35. The average molecular weight is 500 g/mol. The molecule has 2 aliphatic heterocycles. The Morgan fingerprint density at radius 3 is 1.94 bits per heavy atom. The van der Waals surface area contributed by atoms with Crippen molar-refractivity contribution in [3.63, 3.8) is 0 Å². The number of rotatable bonds is 4. The van der Waals surface area contributed by atoms with Gasteiger partial charge in [0.15, 0.2) is 0 Å². The van der Waals surface area contributed by atoms with Gasteiger partial charge in [-0.15, -0.1) is 11.3 Å². The summed E-state index contributed by atoms with van der Waals surface area (Å²) in [5.41, 5.74) is 1.89. The van der Waals surface area contributed by atoms with Crippen molar-refractivity contribution in [2.75, 3.05) is 39.3 Å². The predicted molar refractivity (Wildman–Crippen MR) is 128 cm³/mol. The summed E-state index contributed by atoms with van der Waals surface area (Å²) in [6.07, 6.45) is -4.35. The van der Waals surface area contributed by atoms with E-state index in [1.54, 1.807) is 29.2 Å². The van der Waals surface area contributed by atoms with Gasteiger partial charge >= 0.3 is 6.18 Å². The normalized spacial score (nSPS) is 17.3. The number of benzene rings is 2. The molecule has 0 spiro atoms. The minimum absolute atomic E-state index is 0.0521. The summed E-state index contributed by atoms with van der Waals surface area (Å²) < 4.78 is 38.6. The fourth-order valence-corrected chi connectivity index (χ4v) is 5.39. The molecule has 0 N–H and O–H groups in total. The highest BCUT2D eigenvalue weighted by atomic mass is 32.1. The molecule has 5 rings (SSSR count). The lowest BCUT2D eigenvalue weighted by atomic mass is 10.0. The maximum absolute atomic E-state index is 12.9. The van der Waals surface area contributed by atoms with Crippen molar-refractivity contribution >= 4 is 23.2 Å². The molecule has 2 aromatic carbocycles. The number of thiophene rings is 1. The number of halogens is 3. The Bertz CT molecular complexity index is 1200. The number of carbonyl (C=O) groups is 2. The molecule has 5 nitrogen and oxygen atoms in total.